The molecule has 2 rings (SSSR count). The molecule has 1 N–H and O–H groups in total. The number of nitrogens with one attached hydrogen (secondary N) is 1. The Labute approximate surface area is 146 Å². The van der Waals surface area contributed by atoms with Gasteiger partial charge in [0.25, 0.3) is 0 Å². The van der Waals surface area contributed by atoms with E-state index < -0.39 is 0 Å². The largest absolute Gasteiger partial charge is 0.342 e. The van der Waals surface area contributed by atoms with Crippen molar-refractivity contribution < 1.29 is 4.79 Å². The van der Waals surface area contributed by atoms with Gasteiger partial charge in [0.2, 0.25) is 5.91 Å². The molecule has 1 amide bonds. The summed E-state index contributed by atoms with van der Waals surface area (Å²) in [4.78, 5) is 17.1. The third-order valence-electron chi connectivity index (χ3n) is 3.94. The first kappa shape index (κ1) is 21.2. The van der Waals surface area contributed by atoms with Gasteiger partial charge in [-0.3, -0.25) is 9.69 Å². The highest BCUT2D eigenvalue weighted by Crippen LogP contribution is 2.23. The van der Waals surface area contributed by atoms with E-state index in [4.69, 9.17) is 0 Å². The standard InChI is InChI=1S/C16H25N3O.2ClH/c1-3-18(4-2)16(20)15(14-8-6-5-7-9-14)19-12-10-17-11-13-19;;/h5-9,15,17H,3-4,10-13H2,1-2H3;2*1H. The lowest BCUT2D eigenvalue weighted by Gasteiger charge is -2.36. The summed E-state index contributed by atoms with van der Waals surface area (Å²) in [6.07, 6.45) is 0. The van der Waals surface area contributed by atoms with Gasteiger partial charge in [-0.1, -0.05) is 30.3 Å². The van der Waals surface area contributed by atoms with E-state index in [0.29, 0.717) is 0 Å². The molecular formula is C16H27Cl2N3O. The summed E-state index contributed by atoms with van der Waals surface area (Å²) in [5, 5.41) is 3.35. The Morgan fingerprint density at radius 3 is 2.18 bits per heavy atom. The van der Waals surface area contributed by atoms with Crippen LogP contribution in [0.3, 0.4) is 0 Å². The van der Waals surface area contributed by atoms with Crippen LogP contribution in [-0.2, 0) is 4.79 Å². The first-order valence-electron chi connectivity index (χ1n) is 7.56. The highest BCUT2D eigenvalue weighted by atomic mass is 35.5. The summed E-state index contributed by atoms with van der Waals surface area (Å²) in [5.41, 5.74) is 1.10. The summed E-state index contributed by atoms with van der Waals surface area (Å²) in [6, 6.07) is 10.0. The molecule has 0 aliphatic carbocycles. The lowest BCUT2D eigenvalue weighted by molar-refractivity contribution is -0.137. The summed E-state index contributed by atoms with van der Waals surface area (Å²) in [5.74, 6) is 0.225. The molecular weight excluding hydrogens is 321 g/mol. The van der Waals surface area contributed by atoms with E-state index in [0.717, 1.165) is 44.8 Å². The molecule has 1 heterocycles. The van der Waals surface area contributed by atoms with E-state index in [-0.39, 0.29) is 36.8 Å². The second-order valence-electron chi connectivity index (χ2n) is 5.11. The van der Waals surface area contributed by atoms with Crippen LogP contribution in [0.5, 0.6) is 0 Å². The van der Waals surface area contributed by atoms with E-state index in [9.17, 15) is 4.79 Å². The number of carbonyl (C=O) groups is 1. The van der Waals surface area contributed by atoms with Crippen LogP contribution in [0.2, 0.25) is 0 Å². The number of benzene rings is 1. The number of rotatable bonds is 5. The Balaban J connectivity index is 0.00000220. The smallest absolute Gasteiger partial charge is 0.244 e. The lowest BCUT2D eigenvalue weighted by Crippen LogP contribution is -2.50. The third-order valence-corrected chi connectivity index (χ3v) is 3.94. The minimum absolute atomic E-state index is 0. The highest BCUT2D eigenvalue weighted by molar-refractivity contribution is 5.85. The Hall–Kier alpha value is -0.810. The number of likely N-dealkylation sites (N-methyl/N-ethyl adjacent to an activating group) is 1. The van der Waals surface area contributed by atoms with Gasteiger partial charge in [0.1, 0.15) is 6.04 Å². The van der Waals surface area contributed by atoms with Gasteiger partial charge in [-0.2, -0.15) is 0 Å². The van der Waals surface area contributed by atoms with Crippen LogP contribution in [0, 0.1) is 0 Å². The molecule has 1 saturated heterocycles. The van der Waals surface area contributed by atoms with Gasteiger partial charge < -0.3 is 10.2 Å². The van der Waals surface area contributed by atoms with Crippen molar-refractivity contribution in [2.45, 2.75) is 19.9 Å². The first-order chi connectivity index (χ1) is 9.77. The maximum Gasteiger partial charge on any atom is 0.244 e. The minimum atomic E-state index is -0.141. The molecule has 1 aromatic rings. The molecule has 1 unspecified atom stereocenters. The van der Waals surface area contributed by atoms with Crippen LogP contribution >= 0.6 is 24.8 Å². The topological polar surface area (TPSA) is 35.6 Å². The minimum Gasteiger partial charge on any atom is -0.342 e. The fourth-order valence-corrected chi connectivity index (χ4v) is 2.79. The molecule has 0 saturated carbocycles. The quantitative estimate of drug-likeness (QED) is 0.887. The molecule has 4 nitrogen and oxygen atoms in total. The zero-order chi connectivity index (χ0) is 14.4. The molecule has 6 heteroatoms. The maximum absolute atomic E-state index is 12.9. The van der Waals surface area contributed by atoms with E-state index in [1.165, 1.54) is 0 Å². The predicted octanol–water partition coefficient (Wildman–Crippen LogP) is 2.34. The van der Waals surface area contributed by atoms with E-state index in [2.05, 4.69) is 22.3 Å². The zero-order valence-corrected chi connectivity index (χ0v) is 15.0. The van der Waals surface area contributed by atoms with Crippen molar-refractivity contribution >= 4 is 30.7 Å². The van der Waals surface area contributed by atoms with Crippen LogP contribution in [0.1, 0.15) is 25.5 Å². The van der Waals surface area contributed by atoms with E-state index >= 15 is 0 Å². The third kappa shape index (κ3) is 5.13. The number of hydrogen-bond donors (Lipinski definition) is 1. The Bertz CT molecular complexity index is 421. The van der Waals surface area contributed by atoms with Crippen LogP contribution in [-0.4, -0.2) is 55.0 Å². The van der Waals surface area contributed by atoms with Gasteiger partial charge in [-0.05, 0) is 19.4 Å². The zero-order valence-electron chi connectivity index (χ0n) is 13.3. The van der Waals surface area contributed by atoms with E-state index in [1.807, 2.05) is 36.9 Å². The van der Waals surface area contributed by atoms with Crippen LogP contribution in [0.25, 0.3) is 0 Å². The van der Waals surface area contributed by atoms with Crippen LogP contribution < -0.4 is 5.32 Å². The lowest BCUT2D eigenvalue weighted by atomic mass is 10.0. The van der Waals surface area contributed by atoms with Gasteiger partial charge in [-0.15, -0.1) is 24.8 Å². The van der Waals surface area contributed by atoms with Crippen molar-refractivity contribution in [1.29, 1.82) is 0 Å². The van der Waals surface area contributed by atoms with E-state index in [1.54, 1.807) is 0 Å². The first-order valence-corrected chi connectivity index (χ1v) is 7.56. The average molecular weight is 348 g/mol. The van der Waals surface area contributed by atoms with Gasteiger partial charge in [0.05, 0.1) is 0 Å². The number of piperazine rings is 1. The highest BCUT2D eigenvalue weighted by Gasteiger charge is 2.30. The number of nitrogens with zero attached hydrogens (tertiary/aromatic N) is 2. The Kier molecular flexibility index (Phi) is 10.4. The predicted molar refractivity (Wildman–Crippen MR) is 96.0 cm³/mol. The number of amides is 1. The molecule has 126 valence electrons. The fourth-order valence-electron chi connectivity index (χ4n) is 2.79. The van der Waals surface area contributed by atoms with Crippen LogP contribution in [0.15, 0.2) is 30.3 Å². The van der Waals surface area contributed by atoms with Crippen molar-refractivity contribution in [3.63, 3.8) is 0 Å². The summed E-state index contributed by atoms with van der Waals surface area (Å²) in [7, 11) is 0. The fraction of sp³-hybridized carbons (Fsp3) is 0.562. The molecule has 0 spiro atoms. The maximum atomic E-state index is 12.9. The van der Waals surface area contributed by atoms with Gasteiger partial charge in [0.15, 0.2) is 0 Å². The van der Waals surface area contributed by atoms with Crippen molar-refractivity contribution in [2.75, 3.05) is 39.3 Å². The Morgan fingerprint density at radius 1 is 1.14 bits per heavy atom. The average Bonchev–Trinajstić information content (AvgIpc) is 2.51. The normalized spacial score (nSPS) is 16.1. The molecule has 1 atom stereocenters. The van der Waals surface area contributed by atoms with Gasteiger partial charge in [0, 0.05) is 39.3 Å². The number of halogens is 2. The number of hydrogen-bond acceptors (Lipinski definition) is 3. The van der Waals surface area contributed by atoms with Crippen molar-refractivity contribution in [2.24, 2.45) is 0 Å². The molecule has 22 heavy (non-hydrogen) atoms. The molecule has 1 aliphatic heterocycles. The monoisotopic (exact) mass is 347 g/mol. The second kappa shape index (κ2) is 10.8. The molecule has 1 fully saturated rings. The van der Waals surface area contributed by atoms with Gasteiger partial charge in [-0.25, -0.2) is 0 Å². The summed E-state index contributed by atoms with van der Waals surface area (Å²) in [6.45, 7) is 9.38. The molecule has 1 aromatic carbocycles. The van der Waals surface area contributed by atoms with Gasteiger partial charge >= 0.3 is 0 Å². The van der Waals surface area contributed by atoms with Crippen molar-refractivity contribution in [3.05, 3.63) is 35.9 Å². The Morgan fingerprint density at radius 2 is 1.68 bits per heavy atom. The number of carbonyl (C=O) groups excluding carboxylic acids is 1. The van der Waals surface area contributed by atoms with Crippen molar-refractivity contribution in [3.8, 4) is 0 Å². The van der Waals surface area contributed by atoms with Crippen molar-refractivity contribution in [1.82, 2.24) is 15.1 Å². The summed E-state index contributed by atoms with van der Waals surface area (Å²) >= 11 is 0. The second-order valence-corrected chi connectivity index (χ2v) is 5.11. The molecule has 0 radical (unpaired) electrons. The molecule has 0 bridgehead atoms. The molecule has 0 aromatic heterocycles. The SMILES string of the molecule is CCN(CC)C(=O)C(c1ccccc1)N1CCNCC1.Cl.Cl. The summed E-state index contributed by atoms with van der Waals surface area (Å²) < 4.78 is 0. The molecule has 1 aliphatic rings. The van der Waals surface area contributed by atoms with Crippen LogP contribution in [0.4, 0.5) is 0 Å².